The van der Waals surface area contributed by atoms with E-state index < -0.39 is 0 Å². The molecule has 0 bridgehead atoms. The number of fused-ring (bicyclic) bond motifs is 1. The number of benzene rings is 1. The second-order valence-electron chi connectivity index (χ2n) is 5.01. The molecule has 0 amide bonds. The number of ether oxygens (including phenoxy) is 1. The van der Waals surface area contributed by atoms with Gasteiger partial charge in [0.1, 0.15) is 5.60 Å². The third-order valence-corrected chi connectivity index (χ3v) is 2.63. The Morgan fingerprint density at radius 1 is 1.47 bits per heavy atom. The van der Waals surface area contributed by atoms with E-state index in [-0.39, 0.29) is 11.4 Å². The van der Waals surface area contributed by atoms with E-state index in [1.165, 1.54) is 0 Å². The van der Waals surface area contributed by atoms with Crippen molar-refractivity contribution in [3.63, 3.8) is 0 Å². The van der Waals surface area contributed by atoms with Gasteiger partial charge in [0, 0.05) is 17.5 Å². The largest absolute Gasteiger partial charge is 0.504 e. The molecule has 0 saturated heterocycles. The molecule has 0 aromatic heterocycles. The number of aromatic hydroxyl groups is 1. The molecule has 1 aliphatic heterocycles. The van der Waals surface area contributed by atoms with Crippen LogP contribution in [-0.4, -0.2) is 10.7 Å². The number of hydrogen-bond donors (Lipinski definition) is 1. The molecule has 2 nitrogen and oxygen atoms in total. The van der Waals surface area contributed by atoms with Crippen LogP contribution in [0.3, 0.4) is 0 Å². The lowest BCUT2D eigenvalue weighted by Gasteiger charge is -2.16. The molecule has 1 aromatic rings. The van der Waals surface area contributed by atoms with Gasteiger partial charge in [0.15, 0.2) is 11.5 Å². The molecule has 0 unspecified atom stereocenters. The van der Waals surface area contributed by atoms with E-state index in [4.69, 9.17) is 4.74 Å². The van der Waals surface area contributed by atoms with Gasteiger partial charge in [0.2, 0.25) is 0 Å². The molecule has 0 aliphatic carbocycles. The average Bonchev–Trinajstić information content (AvgIpc) is 2.53. The fourth-order valence-electron chi connectivity index (χ4n) is 1.93. The number of phenols is 1. The van der Waals surface area contributed by atoms with Gasteiger partial charge in [-0.25, -0.2) is 0 Å². The fourth-order valence-corrected chi connectivity index (χ4v) is 1.93. The van der Waals surface area contributed by atoms with E-state index >= 15 is 0 Å². The van der Waals surface area contributed by atoms with E-state index in [9.17, 15) is 5.11 Å². The lowest BCUT2D eigenvalue weighted by atomic mass is 9.97. The lowest BCUT2D eigenvalue weighted by molar-refractivity contribution is 0.134. The first-order valence-electron chi connectivity index (χ1n) is 5.60. The van der Waals surface area contributed by atoms with Gasteiger partial charge in [0.05, 0.1) is 0 Å². The van der Waals surface area contributed by atoms with Crippen LogP contribution in [0.4, 0.5) is 0 Å². The van der Waals surface area contributed by atoms with Crippen LogP contribution in [0.25, 0.3) is 0 Å². The molecule has 1 N–H and O–H groups in total. The molecule has 1 aliphatic rings. The molecule has 0 atom stereocenters. The Hall–Kier alpha value is -1.88. The van der Waals surface area contributed by atoms with Crippen molar-refractivity contribution in [2.24, 2.45) is 0 Å². The predicted molar refractivity (Wildman–Crippen MR) is 68.2 cm³/mol. The van der Waals surface area contributed by atoms with E-state index in [0.29, 0.717) is 5.75 Å². The summed E-state index contributed by atoms with van der Waals surface area (Å²) in [5, 5.41) is 9.77. The van der Waals surface area contributed by atoms with Gasteiger partial charge in [-0.1, -0.05) is 18.4 Å². The number of allylic oxidation sites excluding steroid dienone is 1. The Balaban J connectivity index is 2.50. The van der Waals surface area contributed by atoms with Crippen molar-refractivity contribution in [1.29, 1.82) is 0 Å². The topological polar surface area (TPSA) is 29.5 Å². The Morgan fingerprint density at radius 2 is 2.18 bits per heavy atom. The van der Waals surface area contributed by atoms with Crippen LogP contribution in [-0.2, 0) is 6.42 Å². The summed E-state index contributed by atoms with van der Waals surface area (Å²) in [6.45, 7) is 9.63. The SMILES string of the molecule is C=C(C)C#Cc1ccc(O)c2c1CC(C)(C)O2. The summed E-state index contributed by atoms with van der Waals surface area (Å²) >= 11 is 0. The van der Waals surface area contributed by atoms with Crippen molar-refractivity contribution in [2.75, 3.05) is 0 Å². The first kappa shape index (κ1) is 11.6. The van der Waals surface area contributed by atoms with Crippen LogP contribution in [0.5, 0.6) is 11.5 Å². The number of phenolic OH excluding ortho intramolecular Hbond substituents is 1. The zero-order valence-corrected chi connectivity index (χ0v) is 10.4. The molecule has 0 spiro atoms. The third kappa shape index (κ3) is 2.29. The van der Waals surface area contributed by atoms with Gasteiger partial charge < -0.3 is 9.84 Å². The van der Waals surface area contributed by atoms with Gasteiger partial charge in [0.25, 0.3) is 0 Å². The van der Waals surface area contributed by atoms with Crippen molar-refractivity contribution >= 4 is 0 Å². The maximum atomic E-state index is 9.77. The minimum Gasteiger partial charge on any atom is -0.504 e. The van der Waals surface area contributed by atoms with Crippen LogP contribution in [0, 0.1) is 11.8 Å². The van der Waals surface area contributed by atoms with Crippen LogP contribution < -0.4 is 4.74 Å². The maximum Gasteiger partial charge on any atom is 0.166 e. The number of hydrogen-bond acceptors (Lipinski definition) is 2. The molecule has 1 heterocycles. The molecule has 1 aromatic carbocycles. The summed E-state index contributed by atoms with van der Waals surface area (Å²) in [4.78, 5) is 0. The molecular weight excluding hydrogens is 212 g/mol. The highest BCUT2D eigenvalue weighted by Gasteiger charge is 2.33. The van der Waals surface area contributed by atoms with Crippen molar-refractivity contribution < 1.29 is 9.84 Å². The van der Waals surface area contributed by atoms with Gasteiger partial charge in [-0.05, 0) is 38.5 Å². The minimum absolute atomic E-state index is 0.187. The van der Waals surface area contributed by atoms with E-state index in [1.54, 1.807) is 6.07 Å². The van der Waals surface area contributed by atoms with Crippen LogP contribution in [0.2, 0.25) is 0 Å². The summed E-state index contributed by atoms with van der Waals surface area (Å²) in [5.74, 6) is 6.78. The number of rotatable bonds is 0. The van der Waals surface area contributed by atoms with E-state index in [1.807, 2.05) is 26.8 Å². The highest BCUT2D eigenvalue weighted by Crippen LogP contribution is 2.42. The summed E-state index contributed by atoms with van der Waals surface area (Å²) in [7, 11) is 0. The molecular formula is C15H16O2. The summed E-state index contributed by atoms with van der Waals surface area (Å²) in [5.41, 5.74) is 2.45. The Bertz CT molecular complexity index is 542. The monoisotopic (exact) mass is 228 g/mol. The van der Waals surface area contributed by atoms with Crippen molar-refractivity contribution in [3.05, 3.63) is 35.4 Å². The quantitative estimate of drug-likeness (QED) is 0.692. The van der Waals surface area contributed by atoms with Crippen molar-refractivity contribution in [2.45, 2.75) is 32.8 Å². The second kappa shape index (κ2) is 3.85. The zero-order valence-electron chi connectivity index (χ0n) is 10.4. The van der Waals surface area contributed by atoms with Gasteiger partial charge in [-0.3, -0.25) is 0 Å². The predicted octanol–water partition coefficient (Wildman–Crippen LogP) is 3.03. The summed E-state index contributed by atoms with van der Waals surface area (Å²) in [6.07, 6.45) is 0.761. The first-order chi connectivity index (χ1) is 7.89. The van der Waals surface area contributed by atoms with Gasteiger partial charge in [-0.15, -0.1) is 0 Å². The summed E-state index contributed by atoms with van der Waals surface area (Å²) in [6, 6.07) is 3.46. The van der Waals surface area contributed by atoms with Crippen LogP contribution >= 0.6 is 0 Å². The first-order valence-corrected chi connectivity index (χ1v) is 5.60. The molecule has 0 radical (unpaired) electrons. The molecule has 2 heteroatoms. The van der Waals surface area contributed by atoms with Crippen LogP contribution in [0.15, 0.2) is 24.3 Å². The molecule has 88 valence electrons. The molecule has 0 saturated carbocycles. The lowest BCUT2D eigenvalue weighted by Crippen LogP contribution is -2.24. The maximum absolute atomic E-state index is 9.77. The summed E-state index contributed by atoms with van der Waals surface area (Å²) < 4.78 is 5.73. The van der Waals surface area contributed by atoms with Gasteiger partial charge in [-0.2, -0.15) is 0 Å². The molecule has 17 heavy (non-hydrogen) atoms. The molecule has 0 fully saturated rings. The Labute approximate surface area is 102 Å². The molecule has 2 rings (SSSR count). The highest BCUT2D eigenvalue weighted by atomic mass is 16.5. The normalized spacial score (nSPS) is 15.5. The second-order valence-corrected chi connectivity index (χ2v) is 5.01. The van der Waals surface area contributed by atoms with Crippen LogP contribution in [0.1, 0.15) is 31.9 Å². The third-order valence-electron chi connectivity index (χ3n) is 2.63. The van der Waals surface area contributed by atoms with E-state index in [2.05, 4.69) is 18.4 Å². The smallest absolute Gasteiger partial charge is 0.166 e. The zero-order chi connectivity index (χ0) is 12.6. The van der Waals surface area contributed by atoms with Gasteiger partial charge >= 0.3 is 0 Å². The van der Waals surface area contributed by atoms with Crippen molar-refractivity contribution in [1.82, 2.24) is 0 Å². The van der Waals surface area contributed by atoms with Crippen molar-refractivity contribution in [3.8, 4) is 23.3 Å². The average molecular weight is 228 g/mol. The fraction of sp³-hybridized carbons (Fsp3) is 0.333. The van der Waals surface area contributed by atoms with E-state index in [0.717, 1.165) is 23.1 Å². The standard InChI is InChI=1S/C15H16O2/c1-10(2)5-6-11-7-8-13(16)14-12(11)9-15(3,4)17-14/h7-8,16H,1,9H2,2-4H3. The highest BCUT2D eigenvalue weighted by molar-refractivity contribution is 5.58. The Morgan fingerprint density at radius 3 is 2.82 bits per heavy atom. The Kier molecular flexibility index (Phi) is 2.63. The minimum atomic E-state index is -0.277.